The lowest BCUT2D eigenvalue weighted by molar-refractivity contribution is -0.136. The standard InChI is InChI=1S/C12H9Cl2NO2/c1-2-15-11(16)9(10(14)12(15)17)7-3-5-8(13)6-4-7/h3-6H,2H2,1H3. The maximum atomic E-state index is 12.0. The molecule has 5 heteroatoms. The largest absolute Gasteiger partial charge is 0.274 e. The van der Waals surface area contributed by atoms with Crippen LogP contribution >= 0.6 is 23.2 Å². The molecule has 0 atom stereocenters. The summed E-state index contributed by atoms with van der Waals surface area (Å²) in [6.07, 6.45) is 0. The molecule has 0 radical (unpaired) electrons. The van der Waals surface area contributed by atoms with E-state index in [0.29, 0.717) is 17.1 Å². The van der Waals surface area contributed by atoms with E-state index < -0.39 is 5.91 Å². The Bertz CT molecular complexity index is 520. The lowest BCUT2D eigenvalue weighted by Gasteiger charge is -2.10. The smallest absolute Gasteiger partial charge is 0.273 e. The third kappa shape index (κ3) is 1.96. The average molecular weight is 270 g/mol. The second kappa shape index (κ2) is 4.51. The molecule has 2 amide bonds. The van der Waals surface area contributed by atoms with Crippen molar-refractivity contribution in [2.75, 3.05) is 6.54 Å². The summed E-state index contributed by atoms with van der Waals surface area (Å²) in [5, 5.41) is 0.536. The summed E-state index contributed by atoms with van der Waals surface area (Å²) in [6, 6.07) is 6.65. The fraction of sp³-hybridized carbons (Fsp3) is 0.167. The van der Waals surface area contributed by atoms with Gasteiger partial charge in [0.2, 0.25) is 0 Å². The second-order valence-corrected chi connectivity index (χ2v) is 4.36. The van der Waals surface area contributed by atoms with Gasteiger partial charge in [0.05, 0.1) is 5.57 Å². The van der Waals surface area contributed by atoms with E-state index in [2.05, 4.69) is 0 Å². The Kier molecular flexibility index (Phi) is 3.22. The molecule has 0 aliphatic carbocycles. The van der Waals surface area contributed by atoms with Crippen LogP contribution in [0, 0.1) is 0 Å². The number of benzene rings is 1. The predicted molar refractivity (Wildman–Crippen MR) is 66.6 cm³/mol. The zero-order chi connectivity index (χ0) is 12.6. The average Bonchev–Trinajstić information content (AvgIpc) is 2.52. The molecule has 0 fully saturated rings. The first kappa shape index (κ1) is 12.1. The van der Waals surface area contributed by atoms with Crippen molar-refractivity contribution >= 4 is 40.6 Å². The third-order valence-corrected chi connectivity index (χ3v) is 3.16. The van der Waals surface area contributed by atoms with Gasteiger partial charge in [-0.3, -0.25) is 14.5 Å². The molecular weight excluding hydrogens is 261 g/mol. The third-order valence-electron chi connectivity index (χ3n) is 2.56. The van der Waals surface area contributed by atoms with E-state index in [0.717, 1.165) is 4.90 Å². The molecule has 1 heterocycles. The molecule has 17 heavy (non-hydrogen) atoms. The van der Waals surface area contributed by atoms with Crippen LogP contribution in [0.15, 0.2) is 29.3 Å². The normalized spacial score (nSPS) is 16.1. The number of imide groups is 1. The highest BCUT2D eigenvalue weighted by Crippen LogP contribution is 2.31. The van der Waals surface area contributed by atoms with Crippen LogP contribution in [0.4, 0.5) is 0 Å². The van der Waals surface area contributed by atoms with Crippen molar-refractivity contribution in [1.82, 2.24) is 4.90 Å². The topological polar surface area (TPSA) is 37.4 Å². The molecule has 1 aromatic rings. The molecule has 0 saturated carbocycles. The van der Waals surface area contributed by atoms with Crippen LogP contribution in [0.5, 0.6) is 0 Å². The summed E-state index contributed by atoms with van der Waals surface area (Å²) < 4.78 is 0. The van der Waals surface area contributed by atoms with Gasteiger partial charge in [0.25, 0.3) is 11.8 Å². The minimum atomic E-state index is -0.441. The molecule has 3 nitrogen and oxygen atoms in total. The Hall–Kier alpha value is -1.32. The highest BCUT2D eigenvalue weighted by molar-refractivity contribution is 6.55. The number of carbonyl (C=O) groups excluding carboxylic acids is 2. The van der Waals surface area contributed by atoms with Gasteiger partial charge in [-0.15, -0.1) is 0 Å². The number of rotatable bonds is 2. The van der Waals surface area contributed by atoms with Crippen LogP contribution in [-0.2, 0) is 9.59 Å². The van der Waals surface area contributed by atoms with Gasteiger partial charge in [-0.25, -0.2) is 0 Å². The number of hydrogen-bond donors (Lipinski definition) is 0. The molecule has 0 spiro atoms. The van der Waals surface area contributed by atoms with Crippen molar-refractivity contribution in [3.63, 3.8) is 0 Å². The van der Waals surface area contributed by atoms with Gasteiger partial charge in [-0.05, 0) is 24.6 Å². The van der Waals surface area contributed by atoms with E-state index in [1.807, 2.05) is 0 Å². The summed E-state index contributed by atoms with van der Waals surface area (Å²) in [5.74, 6) is -0.797. The first-order chi connectivity index (χ1) is 8.06. The number of hydrogen-bond acceptors (Lipinski definition) is 2. The van der Waals surface area contributed by atoms with Crippen LogP contribution in [0.3, 0.4) is 0 Å². The van der Waals surface area contributed by atoms with E-state index in [9.17, 15) is 9.59 Å². The summed E-state index contributed by atoms with van der Waals surface area (Å²) in [5.41, 5.74) is 0.851. The summed E-state index contributed by atoms with van der Waals surface area (Å²) in [6.45, 7) is 2.04. The van der Waals surface area contributed by atoms with Gasteiger partial charge in [0.15, 0.2) is 0 Å². The molecule has 1 aliphatic rings. The monoisotopic (exact) mass is 269 g/mol. The highest BCUT2D eigenvalue weighted by atomic mass is 35.5. The summed E-state index contributed by atoms with van der Waals surface area (Å²) >= 11 is 11.7. The molecule has 0 unspecified atom stereocenters. The Morgan fingerprint density at radius 2 is 1.65 bits per heavy atom. The van der Waals surface area contributed by atoms with Crippen molar-refractivity contribution in [2.24, 2.45) is 0 Å². The van der Waals surface area contributed by atoms with Crippen LogP contribution < -0.4 is 0 Å². The van der Waals surface area contributed by atoms with Crippen molar-refractivity contribution in [2.45, 2.75) is 6.92 Å². The number of halogens is 2. The maximum absolute atomic E-state index is 12.0. The first-order valence-corrected chi connectivity index (χ1v) is 5.83. The van der Waals surface area contributed by atoms with Crippen molar-refractivity contribution in [1.29, 1.82) is 0 Å². The van der Waals surface area contributed by atoms with Crippen LogP contribution in [0.2, 0.25) is 5.02 Å². The minimum Gasteiger partial charge on any atom is -0.274 e. The molecule has 2 rings (SSSR count). The fourth-order valence-electron chi connectivity index (χ4n) is 1.70. The van der Waals surface area contributed by atoms with Crippen LogP contribution in [-0.4, -0.2) is 23.3 Å². The van der Waals surface area contributed by atoms with Crippen LogP contribution in [0.25, 0.3) is 5.57 Å². The fourth-order valence-corrected chi connectivity index (χ4v) is 2.12. The van der Waals surface area contributed by atoms with Crippen molar-refractivity contribution in [3.05, 3.63) is 39.9 Å². The Labute approximate surface area is 109 Å². The molecule has 0 saturated heterocycles. The van der Waals surface area contributed by atoms with Crippen molar-refractivity contribution < 1.29 is 9.59 Å². The molecule has 1 aromatic carbocycles. The molecular formula is C12H9Cl2NO2. The van der Waals surface area contributed by atoms with E-state index >= 15 is 0 Å². The van der Waals surface area contributed by atoms with E-state index in [1.165, 1.54) is 0 Å². The first-order valence-electron chi connectivity index (χ1n) is 5.08. The van der Waals surface area contributed by atoms with E-state index in [1.54, 1.807) is 31.2 Å². The second-order valence-electron chi connectivity index (χ2n) is 3.55. The minimum absolute atomic E-state index is 0.0285. The van der Waals surface area contributed by atoms with Gasteiger partial charge in [0.1, 0.15) is 5.03 Å². The number of nitrogens with zero attached hydrogens (tertiary/aromatic N) is 1. The highest BCUT2D eigenvalue weighted by Gasteiger charge is 2.36. The Morgan fingerprint density at radius 1 is 1.06 bits per heavy atom. The number of amides is 2. The van der Waals surface area contributed by atoms with Crippen molar-refractivity contribution in [3.8, 4) is 0 Å². The SMILES string of the molecule is CCN1C(=O)C(Cl)=C(c2ccc(Cl)cc2)C1=O. The zero-order valence-corrected chi connectivity index (χ0v) is 10.5. The van der Waals surface area contributed by atoms with Gasteiger partial charge >= 0.3 is 0 Å². The lowest BCUT2D eigenvalue weighted by atomic mass is 10.1. The van der Waals surface area contributed by atoms with Crippen LogP contribution in [0.1, 0.15) is 12.5 Å². The van der Waals surface area contributed by atoms with Gasteiger partial charge in [-0.1, -0.05) is 35.3 Å². The quantitative estimate of drug-likeness (QED) is 0.775. The van der Waals surface area contributed by atoms with E-state index in [-0.39, 0.29) is 16.5 Å². The molecule has 88 valence electrons. The van der Waals surface area contributed by atoms with E-state index in [4.69, 9.17) is 23.2 Å². The number of likely N-dealkylation sites (N-methyl/N-ethyl adjacent to an activating group) is 1. The Balaban J connectivity index is 2.48. The van der Waals surface area contributed by atoms with Gasteiger partial charge < -0.3 is 0 Å². The maximum Gasteiger partial charge on any atom is 0.273 e. The van der Waals surface area contributed by atoms with Gasteiger partial charge in [-0.2, -0.15) is 0 Å². The van der Waals surface area contributed by atoms with Gasteiger partial charge in [0, 0.05) is 11.6 Å². The summed E-state index contributed by atoms with van der Waals surface area (Å²) in [4.78, 5) is 24.8. The predicted octanol–water partition coefficient (Wildman–Crippen LogP) is 2.68. The number of carbonyl (C=O) groups is 2. The molecule has 1 aliphatic heterocycles. The molecule has 0 aromatic heterocycles. The molecule has 0 N–H and O–H groups in total. The Morgan fingerprint density at radius 3 is 2.12 bits per heavy atom. The summed E-state index contributed by atoms with van der Waals surface area (Å²) in [7, 11) is 0. The molecule has 0 bridgehead atoms. The zero-order valence-electron chi connectivity index (χ0n) is 9.04. The lowest BCUT2D eigenvalue weighted by Crippen LogP contribution is -2.30.